The lowest BCUT2D eigenvalue weighted by Crippen LogP contribution is -2.29. The van der Waals surface area contributed by atoms with Gasteiger partial charge in [0, 0.05) is 36.8 Å². The number of imidazole rings is 2. The van der Waals surface area contributed by atoms with Crippen molar-refractivity contribution in [2.24, 2.45) is 0 Å². The molecule has 0 radical (unpaired) electrons. The molecular weight excluding hydrogens is 472 g/mol. The number of carbonyl (C=O) groups is 2. The fourth-order valence-corrected chi connectivity index (χ4v) is 5.00. The number of nitrogens with one attached hydrogen (secondary N) is 3. The van der Waals surface area contributed by atoms with Crippen molar-refractivity contribution in [1.82, 2.24) is 30.0 Å². The maximum Gasteiger partial charge on any atom is 0.272 e. The molecule has 0 saturated carbocycles. The summed E-state index contributed by atoms with van der Waals surface area (Å²) in [5, 5.41) is 10.1. The summed E-state index contributed by atoms with van der Waals surface area (Å²) in [6, 6.07) is 14.2. The molecule has 0 fully saturated rings. The molecule has 5 aromatic rings. The van der Waals surface area contributed by atoms with Crippen molar-refractivity contribution in [3.8, 4) is 11.3 Å². The third-order valence-corrected chi connectivity index (χ3v) is 7.06. The van der Waals surface area contributed by atoms with Crippen LogP contribution in [-0.2, 0) is 4.79 Å². The maximum atomic E-state index is 13.1. The van der Waals surface area contributed by atoms with Crippen LogP contribution in [0.3, 0.4) is 0 Å². The van der Waals surface area contributed by atoms with Gasteiger partial charge in [-0.05, 0) is 29.7 Å². The molecule has 9 heteroatoms. The minimum atomic E-state index is -0.300. The first-order chi connectivity index (χ1) is 17.6. The van der Waals surface area contributed by atoms with Gasteiger partial charge in [0.1, 0.15) is 11.5 Å². The molecule has 36 heavy (non-hydrogen) atoms. The van der Waals surface area contributed by atoms with E-state index in [9.17, 15) is 9.59 Å². The number of nitrogens with zero attached hydrogens (tertiary/aromatic N) is 3. The molecule has 3 N–H and O–H groups in total. The molecule has 2 amide bonds. The molecule has 0 bridgehead atoms. The number of rotatable bonds is 10. The number of H-pyrrole nitrogens is 1. The van der Waals surface area contributed by atoms with E-state index in [4.69, 9.17) is 0 Å². The van der Waals surface area contributed by atoms with E-state index in [0.717, 1.165) is 40.9 Å². The van der Waals surface area contributed by atoms with E-state index in [1.54, 1.807) is 13.2 Å². The van der Waals surface area contributed by atoms with E-state index in [2.05, 4.69) is 55.9 Å². The van der Waals surface area contributed by atoms with Crippen molar-refractivity contribution in [2.45, 2.75) is 38.1 Å². The number of carbonyl (C=O) groups excluding carboxylic acids is 2. The van der Waals surface area contributed by atoms with Gasteiger partial charge in [-0.25, -0.2) is 9.97 Å². The number of thiazole rings is 1. The molecule has 3 aromatic heterocycles. The van der Waals surface area contributed by atoms with Crippen LogP contribution in [0.1, 0.15) is 54.5 Å². The van der Waals surface area contributed by atoms with Crippen molar-refractivity contribution in [2.75, 3.05) is 7.05 Å². The van der Waals surface area contributed by atoms with Crippen molar-refractivity contribution in [3.05, 3.63) is 78.0 Å². The molecular formula is C27H28N6O2S. The van der Waals surface area contributed by atoms with E-state index in [1.807, 2.05) is 34.3 Å². The largest absolute Gasteiger partial charge is 0.359 e. The van der Waals surface area contributed by atoms with Gasteiger partial charge in [0.25, 0.3) is 5.91 Å². The van der Waals surface area contributed by atoms with Crippen LogP contribution in [0, 0.1) is 0 Å². The summed E-state index contributed by atoms with van der Waals surface area (Å²) in [6.07, 6.45) is 9.19. The summed E-state index contributed by atoms with van der Waals surface area (Å²) >= 11 is 1.49. The van der Waals surface area contributed by atoms with Gasteiger partial charge in [-0.3, -0.25) is 14.0 Å². The Morgan fingerprint density at radius 2 is 1.97 bits per heavy atom. The van der Waals surface area contributed by atoms with Crippen LogP contribution in [0.4, 0.5) is 0 Å². The molecule has 2 aromatic carbocycles. The van der Waals surface area contributed by atoms with Gasteiger partial charge in [-0.1, -0.05) is 49.2 Å². The van der Waals surface area contributed by atoms with Gasteiger partial charge in [-0.2, -0.15) is 0 Å². The van der Waals surface area contributed by atoms with Crippen LogP contribution in [0.5, 0.6) is 0 Å². The monoisotopic (exact) mass is 500 g/mol. The SMILES string of the molecule is CNC(=O)CCCCCC(NC(=O)c1cn2ccsc2n1)c1ncc(-c2ccc3ccccc3c2)[nH]1. The van der Waals surface area contributed by atoms with E-state index >= 15 is 0 Å². The lowest BCUT2D eigenvalue weighted by Gasteiger charge is -2.16. The van der Waals surface area contributed by atoms with Crippen molar-refractivity contribution < 1.29 is 9.59 Å². The Kier molecular flexibility index (Phi) is 7.08. The first kappa shape index (κ1) is 23.7. The second-order valence-corrected chi connectivity index (χ2v) is 9.63. The first-order valence-corrected chi connectivity index (χ1v) is 13.0. The van der Waals surface area contributed by atoms with Crippen LogP contribution < -0.4 is 10.6 Å². The van der Waals surface area contributed by atoms with E-state index in [-0.39, 0.29) is 17.9 Å². The average molecular weight is 501 g/mol. The number of benzene rings is 2. The Balaban J connectivity index is 1.33. The molecule has 1 atom stereocenters. The highest BCUT2D eigenvalue weighted by molar-refractivity contribution is 7.15. The zero-order chi connectivity index (χ0) is 24.9. The third kappa shape index (κ3) is 5.31. The number of hydrogen-bond acceptors (Lipinski definition) is 5. The third-order valence-electron chi connectivity index (χ3n) is 6.29. The van der Waals surface area contributed by atoms with Gasteiger partial charge in [0.15, 0.2) is 4.96 Å². The highest BCUT2D eigenvalue weighted by atomic mass is 32.1. The zero-order valence-electron chi connectivity index (χ0n) is 20.0. The normalized spacial score (nSPS) is 12.1. The summed E-state index contributed by atoms with van der Waals surface area (Å²) in [5.41, 5.74) is 2.32. The van der Waals surface area contributed by atoms with Gasteiger partial charge < -0.3 is 15.6 Å². The highest BCUT2D eigenvalue weighted by Crippen LogP contribution is 2.26. The fourth-order valence-electron chi connectivity index (χ4n) is 4.30. The number of hydrogen-bond donors (Lipinski definition) is 3. The Morgan fingerprint density at radius 3 is 2.81 bits per heavy atom. The summed E-state index contributed by atoms with van der Waals surface area (Å²) in [4.78, 5) is 37.8. The lowest BCUT2D eigenvalue weighted by atomic mass is 10.1. The van der Waals surface area contributed by atoms with E-state index < -0.39 is 0 Å². The molecule has 0 saturated heterocycles. The fraction of sp³-hybridized carbons (Fsp3) is 0.259. The Bertz CT molecular complexity index is 1470. The summed E-state index contributed by atoms with van der Waals surface area (Å²) < 4.78 is 1.85. The highest BCUT2D eigenvalue weighted by Gasteiger charge is 2.21. The molecule has 0 aliphatic carbocycles. The molecule has 8 nitrogen and oxygen atoms in total. The standard InChI is InChI=1S/C27H28N6O2S/c1-28-24(34)10-4-2-3-9-21(31-26(35)23-17-33-13-14-36-27(33)32-23)25-29-16-22(30-25)20-12-11-18-7-5-6-8-19(18)15-20/h5-8,11-17,21H,2-4,9-10H2,1H3,(H,28,34)(H,29,30)(H,31,35). The Morgan fingerprint density at radius 1 is 1.11 bits per heavy atom. The van der Waals surface area contributed by atoms with Crippen LogP contribution in [0.15, 0.2) is 66.4 Å². The first-order valence-electron chi connectivity index (χ1n) is 12.1. The molecule has 3 heterocycles. The van der Waals surface area contributed by atoms with Crippen LogP contribution in [0.2, 0.25) is 0 Å². The van der Waals surface area contributed by atoms with Crippen LogP contribution >= 0.6 is 11.3 Å². The minimum Gasteiger partial charge on any atom is -0.359 e. The Labute approximate surface area is 212 Å². The predicted octanol–water partition coefficient (Wildman–Crippen LogP) is 5.11. The number of amides is 2. The van der Waals surface area contributed by atoms with Gasteiger partial charge in [-0.15, -0.1) is 11.3 Å². The summed E-state index contributed by atoms with van der Waals surface area (Å²) in [6.45, 7) is 0. The second kappa shape index (κ2) is 10.7. The summed E-state index contributed by atoms with van der Waals surface area (Å²) in [7, 11) is 1.65. The van der Waals surface area contributed by atoms with Crippen molar-refractivity contribution in [3.63, 3.8) is 0 Å². The molecule has 0 aliphatic rings. The van der Waals surface area contributed by atoms with Crippen molar-refractivity contribution in [1.29, 1.82) is 0 Å². The molecule has 184 valence electrons. The predicted molar refractivity (Wildman–Crippen MR) is 142 cm³/mol. The van der Waals surface area contributed by atoms with Crippen LogP contribution in [-0.4, -0.2) is 38.2 Å². The van der Waals surface area contributed by atoms with E-state index in [0.29, 0.717) is 24.4 Å². The topological polar surface area (TPSA) is 104 Å². The molecule has 5 rings (SSSR count). The Hall–Kier alpha value is -3.98. The van der Waals surface area contributed by atoms with Crippen molar-refractivity contribution >= 4 is 38.9 Å². The molecule has 0 aliphatic heterocycles. The summed E-state index contributed by atoms with van der Waals surface area (Å²) in [5.74, 6) is 0.523. The van der Waals surface area contributed by atoms with Gasteiger partial charge in [0.2, 0.25) is 5.91 Å². The number of fused-ring (bicyclic) bond motifs is 2. The smallest absolute Gasteiger partial charge is 0.272 e. The molecule has 1 unspecified atom stereocenters. The molecule has 0 spiro atoms. The minimum absolute atomic E-state index is 0.0469. The number of aromatic amines is 1. The maximum absolute atomic E-state index is 13.1. The number of aromatic nitrogens is 4. The lowest BCUT2D eigenvalue weighted by molar-refractivity contribution is -0.120. The van der Waals surface area contributed by atoms with Crippen LogP contribution in [0.25, 0.3) is 27.0 Å². The second-order valence-electron chi connectivity index (χ2n) is 8.76. The average Bonchev–Trinajstić information content (AvgIpc) is 3.64. The zero-order valence-corrected chi connectivity index (χ0v) is 20.8. The van der Waals surface area contributed by atoms with E-state index in [1.165, 1.54) is 16.7 Å². The quantitative estimate of drug-likeness (QED) is 0.232. The number of unbranched alkanes of at least 4 members (excludes halogenated alkanes) is 2. The van der Waals surface area contributed by atoms with Gasteiger partial charge >= 0.3 is 0 Å². The van der Waals surface area contributed by atoms with Gasteiger partial charge in [0.05, 0.1) is 17.9 Å².